The van der Waals surface area contributed by atoms with Crippen molar-refractivity contribution in [1.29, 1.82) is 0 Å². The summed E-state index contributed by atoms with van der Waals surface area (Å²) in [4.78, 5) is 18.6. The minimum absolute atomic E-state index is 0.0609. The maximum Gasteiger partial charge on any atom is 0.244 e. The van der Waals surface area contributed by atoms with Crippen molar-refractivity contribution in [3.63, 3.8) is 0 Å². The van der Waals surface area contributed by atoms with Crippen LogP contribution in [0.3, 0.4) is 0 Å². The summed E-state index contributed by atoms with van der Waals surface area (Å²) >= 11 is 6.11. The van der Waals surface area contributed by atoms with Gasteiger partial charge in [0.05, 0.1) is 11.4 Å². The molecule has 0 N–H and O–H groups in total. The molecule has 0 spiro atoms. The largest absolute Gasteiger partial charge is 0.341 e. The molecule has 6 heteroatoms. The van der Waals surface area contributed by atoms with Gasteiger partial charge >= 0.3 is 0 Å². The maximum absolute atomic E-state index is 12.3. The highest BCUT2D eigenvalue weighted by Gasteiger charge is 2.23. The van der Waals surface area contributed by atoms with Crippen LogP contribution in [-0.4, -0.2) is 42.1 Å². The zero-order chi connectivity index (χ0) is 18.0. The number of rotatable bonds is 5. The average molecular weight is 357 g/mol. The van der Waals surface area contributed by atoms with Gasteiger partial charge in [-0.1, -0.05) is 17.7 Å². The normalized spacial score (nSPS) is 13.3. The third-order valence-electron chi connectivity index (χ3n) is 4.49. The molecule has 0 radical (unpaired) electrons. The van der Waals surface area contributed by atoms with E-state index >= 15 is 0 Å². The van der Waals surface area contributed by atoms with Crippen LogP contribution < -0.4 is 5.01 Å². The van der Waals surface area contributed by atoms with E-state index < -0.39 is 0 Å². The zero-order valence-corrected chi connectivity index (χ0v) is 15.3. The first-order chi connectivity index (χ1) is 12.0. The van der Waals surface area contributed by atoms with E-state index in [4.69, 9.17) is 11.6 Å². The van der Waals surface area contributed by atoms with E-state index in [2.05, 4.69) is 16.8 Å². The third-order valence-corrected chi connectivity index (χ3v) is 4.92. The standard InChI is InChI=1S/C19H21ClN4O/c1-13-9-15(5-6-17(13)20)16-10-18(14(2)22-11-16)24(21-3)12-19(25)23-7-4-8-23/h5-6,9-11H,3-4,7-8,12H2,1-2H3. The lowest BCUT2D eigenvalue weighted by Gasteiger charge is -2.32. The summed E-state index contributed by atoms with van der Waals surface area (Å²) in [6.45, 7) is 9.32. The van der Waals surface area contributed by atoms with Crippen molar-refractivity contribution in [2.75, 3.05) is 24.6 Å². The number of aryl methyl sites for hydroxylation is 2. The smallest absolute Gasteiger partial charge is 0.244 e. The lowest BCUT2D eigenvalue weighted by atomic mass is 10.0. The van der Waals surface area contributed by atoms with Crippen molar-refractivity contribution >= 4 is 29.9 Å². The molecule has 1 aliphatic heterocycles. The van der Waals surface area contributed by atoms with Crippen molar-refractivity contribution in [3.05, 3.63) is 46.7 Å². The molecule has 0 bridgehead atoms. The van der Waals surface area contributed by atoms with Crippen LogP contribution >= 0.6 is 11.6 Å². The zero-order valence-electron chi connectivity index (χ0n) is 14.5. The van der Waals surface area contributed by atoms with Gasteiger partial charge in [0, 0.05) is 36.6 Å². The lowest BCUT2D eigenvalue weighted by molar-refractivity contribution is -0.133. The number of amides is 1. The highest BCUT2D eigenvalue weighted by atomic mass is 35.5. The number of hydrogen-bond acceptors (Lipinski definition) is 4. The van der Waals surface area contributed by atoms with Gasteiger partial charge in [-0.2, -0.15) is 5.10 Å². The Bertz CT molecular complexity index is 817. The Morgan fingerprint density at radius 2 is 2.08 bits per heavy atom. The number of hydrogen-bond donors (Lipinski definition) is 0. The van der Waals surface area contributed by atoms with Gasteiger partial charge in [0.1, 0.15) is 6.54 Å². The van der Waals surface area contributed by atoms with E-state index in [1.807, 2.05) is 49.2 Å². The van der Waals surface area contributed by atoms with E-state index in [9.17, 15) is 4.79 Å². The van der Waals surface area contributed by atoms with Crippen molar-refractivity contribution in [2.24, 2.45) is 5.10 Å². The fraction of sp³-hybridized carbons (Fsp3) is 0.316. The second kappa shape index (κ2) is 7.23. The molecular weight excluding hydrogens is 336 g/mol. The Morgan fingerprint density at radius 1 is 1.32 bits per heavy atom. The van der Waals surface area contributed by atoms with E-state index in [0.717, 1.165) is 52.6 Å². The van der Waals surface area contributed by atoms with Gasteiger partial charge in [0.15, 0.2) is 0 Å². The molecule has 2 aromatic rings. The van der Waals surface area contributed by atoms with Crippen molar-refractivity contribution in [3.8, 4) is 11.1 Å². The highest BCUT2D eigenvalue weighted by Crippen LogP contribution is 2.29. The summed E-state index contributed by atoms with van der Waals surface area (Å²) < 4.78 is 0. The van der Waals surface area contributed by atoms with Crippen molar-refractivity contribution < 1.29 is 4.79 Å². The minimum Gasteiger partial charge on any atom is -0.341 e. The number of aromatic nitrogens is 1. The Morgan fingerprint density at radius 3 is 2.68 bits per heavy atom. The van der Waals surface area contributed by atoms with Crippen LogP contribution in [0.15, 0.2) is 35.6 Å². The minimum atomic E-state index is 0.0609. The van der Waals surface area contributed by atoms with Gasteiger partial charge in [0.25, 0.3) is 0 Å². The molecule has 1 saturated heterocycles. The van der Waals surface area contributed by atoms with Crippen LogP contribution in [0.4, 0.5) is 5.69 Å². The summed E-state index contributed by atoms with van der Waals surface area (Å²) in [7, 11) is 0. The van der Waals surface area contributed by atoms with Crippen molar-refractivity contribution in [2.45, 2.75) is 20.3 Å². The fourth-order valence-electron chi connectivity index (χ4n) is 2.77. The lowest BCUT2D eigenvalue weighted by Crippen LogP contribution is -2.46. The number of likely N-dealkylation sites (tertiary alicyclic amines) is 1. The molecule has 0 unspecified atom stereocenters. The van der Waals surface area contributed by atoms with E-state index in [1.54, 1.807) is 5.01 Å². The average Bonchev–Trinajstić information content (AvgIpc) is 2.54. The number of pyridine rings is 1. The molecule has 1 amide bonds. The molecule has 2 heterocycles. The molecule has 0 aliphatic carbocycles. The van der Waals surface area contributed by atoms with Gasteiger partial charge in [0.2, 0.25) is 5.91 Å². The first-order valence-corrected chi connectivity index (χ1v) is 8.62. The summed E-state index contributed by atoms with van der Waals surface area (Å²) in [6.07, 6.45) is 2.89. The van der Waals surface area contributed by atoms with Crippen molar-refractivity contribution in [1.82, 2.24) is 9.88 Å². The molecule has 0 atom stereocenters. The van der Waals surface area contributed by atoms with Gasteiger partial charge < -0.3 is 4.90 Å². The van der Waals surface area contributed by atoms with Gasteiger partial charge in [-0.25, -0.2) is 0 Å². The van der Waals surface area contributed by atoms with Crippen LogP contribution in [0.1, 0.15) is 17.7 Å². The third kappa shape index (κ3) is 3.66. The second-order valence-corrected chi connectivity index (χ2v) is 6.63. The summed E-state index contributed by atoms with van der Waals surface area (Å²) in [5.74, 6) is 0.0609. The van der Waals surface area contributed by atoms with Crippen LogP contribution in [-0.2, 0) is 4.79 Å². The highest BCUT2D eigenvalue weighted by molar-refractivity contribution is 6.31. The number of carbonyl (C=O) groups excluding carboxylic acids is 1. The van der Waals surface area contributed by atoms with Gasteiger partial charge in [-0.3, -0.25) is 14.8 Å². The molecular formula is C19H21ClN4O. The molecule has 0 saturated carbocycles. The number of nitrogens with zero attached hydrogens (tertiary/aromatic N) is 4. The quantitative estimate of drug-likeness (QED) is 0.606. The van der Waals surface area contributed by atoms with E-state index in [0.29, 0.717) is 0 Å². The number of carbonyl (C=O) groups is 1. The predicted octanol–water partition coefficient (Wildman–Crippen LogP) is 3.67. The van der Waals surface area contributed by atoms with E-state index in [1.165, 1.54) is 0 Å². The molecule has 3 rings (SSSR count). The molecule has 25 heavy (non-hydrogen) atoms. The number of halogens is 1. The molecule has 130 valence electrons. The number of benzene rings is 1. The molecule has 1 aromatic carbocycles. The Hall–Kier alpha value is -2.40. The van der Waals surface area contributed by atoms with Crippen LogP contribution in [0.5, 0.6) is 0 Å². The molecule has 5 nitrogen and oxygen atoms in total. The Kier molecular flexibility index (Phi) is 5.04. The summed E-state index contributed by atoms with van der Waals surface area (Å²) in [6, 6.07) is 7.85. The monoisotopic (exact) mass is 356 g/mol. The first-order valence-electron chi connectivity index (χ1n) is 8.24. The van der Waals surface area contributed by atoms with Crippen LogP contribution in [0, 0.1) is 13.8 Å². The molecule has 1 aliphatic rings. The van der Waals surface area contributed by atoms with Gasteiger partial charge in [-0.15, -0.1) is 0 Å². The maximum atomic E-state index is 12.3. The van der Waals surface area contributed by atoms with Crippen LogP contribution in [0.25, 0.3) is 11.1 Å². The topological polar surface area (TPSA) is 48.8 Å². The summed E-state index contributed by atoms with van der Waals surface area (Å²) in [5, 5.41) is 6.40. The fourth-order valence-corrected chi connectivity index (χ4v) is 2.89. The number of hydrazone groups is 1. The number of anilines is 1. The molecule has 1 aromatic heterocycles. The second-order valence-electron chi connectivity index (χ2n) is 6.23. The first kappa shape index (κ1) is 17.4. The summed E-state index contributed by atoms with van der Waals surface area (Å²) in [5.41, 5.74) is 4.57. The SMILES string of the molecule is C=NN(CC(=O)N1CCC1)c1cc(-c2ccc(Cl)c(C)c2)cnc1C. The van der Waals surface area contributed by atoms with Crippen LogP contribution in [0.2, 0.25) is 5.02 Å². The van der Waals surface area contributed by atoms with Gasteiger partial charge in [-0.05, 0) is 49.6 Å². The van der Waals surface area contributed by atoms with E-state index in [-0.39, 0.29) is 12.5 Å². The molecule has 1 fully saturated rings. The Labute approximate surface area is 152 Å². The predicted molar refractivity (Wildman–Crippen MR) is 102 cm³/mol. The Balaban J connectivity index is 1.90.